The molecule has 4 N–H and O–H groups in total. The molecule has 0 unspecified atom stereocenters. The van der Waals surface area contributed by atoms with Crippen molar-refractivity contribution in [3.8, 4) is 11.5 Å². The van der Waals surface area contributed by atoms with Gasteiger partial charge in [-0.3, -0.25) is 10.1 Å². The van der Waals surface area contributed by atoms with Crippen molar-refractivity contribution in [1.29, 1.82) is 0 Å². The molecule has 16 heavy (non-hydrogen) atoms. The largest absolute Gasteiger partial charge is 0.504 e. The molecule has 1 fully saturated rings. The van der Waals surface area contributed by atoms with Crippen molar-refractivity contribution in [2.75, 3.05) is 0 Å². The number of hydrogen-bond donors (Lipinski definition) is 4. The lowest BCUT2D eigenvalue weighted by Gasteiger charge is -2.07. The topological polar surface area (TPSA) is 98.7 Å². The Bertz CT molecular complexity index is 458. The molecule has 0 bridgehead atoms. The minimum atomic E-state index is -0.628. The highest BCUT2D eigenvalue weighted by Gasteiger charge is 2.29. The van der Waals surface area contributed by atoms with Crippen LogP contribution in [0.2, 0.25) is 0 Å². The minimum absolute atomic E-state index is 0.219. The molecule has 0 aliphatic carbocycles. The van der Waals surface area contributed by atoms with Crippen molar-refractivity contribution >= 4 is 11.9 Å². The maximum atomic E-state index is 11.2. The van der Waals surface area contributed by atoms with Gasteiger partial charge in [-0.25, -0.2) is 4.79 Å². The number of benzene rings is 1. The zero-order chi connectivity index (χ0) is 11.7. The lowest BCUT2D eigenvalue weighted by Crippen LogP contribution is -2.31. The van der Waals surface area contributed by atoms with E-state index in [-0.39, 0.29) is 17.9 Å². The Morgan fingerprint density at radius 3 is 2.50 bits per heavy atom. The third-order valence-electron chi connectivity index (χ3n) is 2.34. The fourth-order valence-corrected chi connectivity index (χ4v) is 1.53. The van der Waals surface area contributed by atoms with Gasteiger partial charge in [0.2, 0.25) is 0 Å². The van der Waals surface area contributed by atoms with Gasteiger partial charge in [0, 0.05) is 6.42 Å². The van der Waals surface area contributed by atoms with Crippen LogP contribution >= 0.6 is 0 Å². The quantitative estimate of drug-likeness (QED) is 0.413. The smallest absolute Gasteiger partial charge is 0.322 e. The van der Waals surface area contributed by atoms with E-state index in [1.54, 1.807) is 6.07 Å². The summed E-state index contributed by atoms with van der Waals surface area (Å²) in [5.41, 5.74) is 0.651. The van der Waals surface area contributed by atoms with Crippen molar-refractivity contribution in [2.45, 2.75) is 12.5 Å². The molecule has 0 spiro atoms. The second kappa shape index (κ2) is 3.73. The first-order chi connectivity index (χ1) is 7.56. The molecule has 1 aromatic rings. The number of phenols is 2. The maximum Gasteiger partial charge on any atom is 0.322 e. The van der Waals surface area contributed by atoms with Crippen molar-refractivity contribution in [2.24, 2.45) is 0 Å². The van der Waals surface area contributed by atoms with E-state index in [1.807, 2.05) is 0 Å². The number of carbonyl (C=O) groups is 2. The molecule has 1 aromatic carbocycles. The Labute approximate surface area is 90.9 Å². The molecule has 1 aliphatic rings. The number of urea groups is 1. The first-order valence-corrected chi connectivity index (χ1v) is 4.68. The monoisotopic (exact) mass is 222 g/mol. The van der Waals surface area contributed by atoms with Crippen LogP contribution in [0, 0.1) is 0 Å². The molecule has 6 heteroatoms. The second-order valence-corrected chi connectivity index (χ2v) is 3.54. The van der Waals surface area contributed by atoms with E-state index in [1.165, 1.54) is 12.1 Å². The zero-order valence-corrected chi connectivity index (χ0v) is 8.23. The average Bonchev–Trinajstić information content (AvgIpc) is 2.51. The molecule has 0 aromatic heterocycles. The third kappa shape index (κ3) is 1.90. The van der Waals surface area contributed by atoms with Gasteiger partial charge in [-0.2, -0.15) is 0 Å². The Balaban J connectivity index is 2.12. The Hall–Kier alpha value is -2.24. The highest BCUT2D eigenvalue weighted by Crippen LogP contribution is 2.25. The highest BCUT2D eigenvalue weighted by atomic mass is 16.3. The molecule has 1 atom stereocenters. The maximum absolute atomic E-state index is 11.2. The van der Waals surface area contributed by atoms with Crippen LogP contribution < -0.4 is 10.6 Å². The molecule has 84 valence electrons. The van der Waals surface area contributed by atoms with Gasteiger partial charge in [-0.1, -0.05) is 6.07 Å². The average molecular weight is 222 g/mol. The van der Waals surface area contributed by atoms with Crippen LogP contribution in [-0.4, -0.2) is 28.2 Å². The first kappa shape index (κ1) is 10.3. The predicted octanol–water partition coefficient (Wildman–Crippen LogP) is -0.152. The van der Waals surface area contributed by atoms with E-state index in [9.17, 15) is 14.7 Å². The van der Waals surface area contributed by atoms with E-state index in [2.05, 4.69) is 10.6 Å². The molecule has 0 radical (unpaired) electrons. The second-order valence-electron chi connectivity index (χ2n) is 3.54. The number of amides is 3. The summed E-state index contributed by atoms with van der Waals surface area (Å²) < 4.78 is 0. The van der Waals surface area contributed by atoms with Gasteiger partial charge in [-0.05, 0) is 17.7 Å². The van der Waals surface area contributed by atoms with Gasteiger partial charge in [0.05, 0.1) is 0 Å². The highest BCUT2D eigenvalue weighted by molar-refractivity contribution is 6.04. The van der Waals surface area contributed by atoms with E-state index in [4.69, 9.17) is 5.11 Å². The van der Waals surface area contributed by atoms with Gasteiger partial charge < -0.3 is 15.5 Å². The summed E-state index contributed by atoms with van der Waals surface area (Å²) in [6.45, 7) is 0. The number of phenolic OH excluding ortho intramolecular Hbond substituents is 2. The SMILES string of the molecule is O=C1NC(=O)[C@H](Cc2ccc(O)c(O)c2)N1. The lowest BCUT2D eigenvalue weighted by atomic mass is 10.1. The summed E-state index contributed by atoms with van der Waals surface area (Å²) in [5, 5.41) is 22.9. The number of imide groups is 1. The van der Waals surface area contributed by atoms with Crippen LogP contribution in [0.4, 0.5) is 4.79 Å². The van der Waals surface area contributed by atoms with Gasteiger partial charge in [-0.15, -0.1) is 0 Å². The molecular weight excluding hydrogens is 212 g/mol. The lowest BCUT2D eigenvalue weighted by molar-refractivity contribution is -0.120. The van der Waals surface area contributed by atoms with Gasteiger partial charge in [0.25, 0.3) is 5.91 Å². The summed E-state index contributed by atoms with van der Waals surface area (Å²) in [7, 11) is 0. The summed E-state index contributed by atoms with van der Waals surface area (Å²) in [5.74, 6) is -0.858. The number of aromatic hydroxyl groups is 2. The minimum Gasteiger partial charge on any atom is -0.504 e. The Kier molecular flexibility index (Phi) is 2.40. The first-order valence-electron chi connectivity index (χ1n) is 4.68. The fraction of sp³-hybridized carbons (Fsp3) is 0.200. The molecule has 1 saturated heterocycles. The van der Waals surface area contributed by atoms with Gasteiger partial charge >= 0.3 is 6.03 Å². The van der Waals surface area contributed by atoms with Crippen LogP contribution in [0.1, 0.15) is 5.56 Å². The van der Waals surface area contributed by atoms with Crippen LogP contribution in [-0.2, 0) is 11.2 Å². The van der Waals surface area contributed by atoms with Crippen molar-refractivity contribution < 1.29 is 19.8 Å². The predicted molar refractivity (Wildman–Crippen MR) is 53.9 cm³/mol. The van der Waals surface area contributed by atoms with Crippen LogP contribution in [0.3, 0.4) is 0 Å². The Morgan fingerprint density at radius 2 is 1.94 bits per heavy atom. The van der Waals surface area contributed by atoms with Crippen LogP contribution in [0.15, 0.2) is 18.2 Å². The molecule has 1 heterocycles. The number of nitrogens with one attached hydrogen (secondary N) is 2. The van der Waals surface area contributed by atoms with Crippen LogP contribution in [0.25, 0.3) is 0 Å². The van der Waals surface area contributed by atoms with Gasteiger partial charge in [0.15, 0.2) is 11.5 Å². The van der Waals surface area contributed by atoms with Crippen molar-refractivity contribution in [3.63, 3.8) is 0 Å². The summed E-state index contributed by atoms with van der Waals surface area (Å²) in [4.78, 5) is 22.1. The third-order valence-corrected chi connectivity index (χ3v) is 2.34. The van der Waals surface area contributed by atoms with Gasteiger partial charge in [0.1, 0.15) is 6.04 Å². The fourth-order valence-electron chi connectivity index (χ4n) is 1.53. The summed E-state index contributed by atoms with van der Waals surface area (Å²) in [6.07, 6.45) is 0.269. The molecular formula is C10H10N2O4. The summed E-state index contributed by atoms with van der Waals surface area (Å²) >= 11 is 0. The molecule has 1 aliphatic heterocycles. The Morgan fingerprint density at radius 1 is 1.19 bits per heavy atom. The van der Waals surface area contributed by atoms with Crippen molar-refractivity contribution in [1.82, 2.24) is 10.6 Å². The molecule has 6 nitrogen and oxygen atoms in total. The molecule has 2 rings (SSSR count). The number of rotatable bonds is 2. The zero-order valence-electron chi connectivity index (χ0n) is 8.23. The number of carbonyl (C=O) groups excluding carboxylic acids is 2. The molecule has 3 amide bonds. The standard InChI is InChI=1S/C10H10N2O4/c13-7-2-1-5(4-8(7)14)3-6-9(15)12-10(16)11-6/h1-2,4,6,13-14H,3H2,(H2,11,12,15,16)/t6-/m0/s1. The van der Waals surface area contributed by atoms with E-state index >= 15 is 0 Å². The number of hydrogen-bond acceptors (Lipinski definition) is 4. The molecule has 0 saturated carbocycles. The van der Waals surface area contributed by atoms with Crippen LogP contribution in [0.5, 0.6) is 11.5 Å². The summed E-state index contributed by atoms with van der Waals surface area (Å²) in [6, 6.07) is 3.12. The van der Waals surface area contributed by atoms with E-state index in [0.717, 1.165) is 0 Å². The van der Waals surface area contributed by atoms with Crippen molar-refractivity contribution in [3.05, 3.63) is 23.8 Å². The van der Waals surface area contributed by atoms with E-state index < -0.39 is 18.0 Å². The van der Waals surface area contributed by atoms with E-state index in [0.29, 0.717) is 5.56 Å². The normalized spacial score (nSPS) is 19.4.